The Hall–Kier alpha value is -2.35. The van der Waals surface area contributed by atoms with Crippen LogP contribution < -0.4 is 10.1 Å². The van der Waals surface area contributed by atoms with Crippen LogP contribution in [0.4, 0.5) is 0 Å². The zero-order valence-corrected chi connectivity index (χ0v) is 15.0. The lowest BCUT2D eigenvalue weighted by Crippen LogP contribution is -2.36. The van der Waals surface area contributed by atoms with Crippen LogP contribution in [0.5, 0.6) is 5.75 Å². The number of carbonyl (C=O) groups excluding carboxylic acids is 1. The number of hydrogen-bond donors (Lipinski definition) is 1. The molecule has 1 aromatic heterocycles. The molecule has 25 heavy (non-hydrogen) atoms. The molecular weight excluding hydrogens is 342 g/mol. The van der Waals surface area contributed by atoms with Crippen molar-refractivity contribution in [1.82, 2.24) is 14.9 Å². The van der Waals surface area contributed by atoms with Crippen LogP contribution in [0.25, 0.3) is 0 Å². The number of sulfone groups is 1. The van der Waals surface area contributed by atoms with Gasteiger partial charge in [-0.05, 0) is 24.1 Å². The number of aromatic nitrogens is 2. The topological polar surface area (TPSA) is 90.3 Å². The van der Waals surface area contributed by atoms with Crippen molar-refractivity contribution in [2.24, 2.45) is 13.0 Å². The second kappa shape index (κ2) is 6.87. The molecule has 0 saturated carbocycles. The Morgan fingerprint density at radius 1 is 1.36 bits per heavy atom. The van der Waals surface area contributed by atoms with E-state index in [1.54, 1.807) is 19.5 Å². The molecule has 1 fully saturated rings. The second-order valence-corrected chi connectivity index (χ2v) is 8.44. The number of carbonyl (C=O) groups is 1. The summed E-state index contributed by atoms with van der Waals surface area (Å²) in [5.74, 6) is 0.612. The first-order valence-corrected chi connectivity index (χ1v) is 9.84. The van der Waals surface area contributed by atoms with Crippen LogP contribution in [-0.4, -0.2) is 42.5 Å². The highest BCUT2D eigenvalue weighted by Crippen LogP contribution is 2.25. The number of rotatable bonds is 5. The minimum absolute atomic E-state index is 0.0701. The van der Waals surface area contributed by atoms with Crippen LogP contribution in [0.15, 0.2) is 36.7 Å². The number of ether oxygens (including phenoxy) is 1. The molecule has 0 bridgehead atoms. The van der Waals surface area contributed by atoms with E-state index in [9.17, 15) is 13.2 Å². The zero-order chi connectivity index (χ0) is 18.0. The summed E-state index contributed by atoms with van der Waals surface area (Å²) in [5, 5.41) is 2.97. The molecule has 2 heterocycles. The Labute approximate surface area is 146 Å². The standard InChI is InChI=1S/C17H21N3O4S/c1-20-9-8-18-16(20)15(12-3-5-14(24-2)6-4-12)19-17(21)13-7-10-25(22,23)11-13/h3-6,8-9,13,15H,7,10-11H2,1-2H3,(H,19,21). The summed E-state index contributed by atoms with van der Waals surface area (Å²) in [6, 6.07) is 6.91. The number of aryl methyl sites for hydroxylation is 1. The maximum Gasteiger partial charge on any atom is 0.225 e. The summed E-state index contributed by atoms with van der Waals surface area (Å²) >= 11 is 0. The Kier molecular flexibility index (Phi) is 4.80. The fourth-order valence-corrected chi connectivity index (χ4v) is 4.75. The molecule has 2 unspecified atom stereocenters. The minimum Gasteiger partial charge on any atom is -0.497 e. The lowest BCUT2D eigenvalue weighted by Gasteiger charge is -2.21. The highest BCUT2D eigenvalue weighted by atomic mass is 32.2. The van der Waals surface area contributed by atoms with Crippen molar-refractivity contribution in [2.75, 3.05) is 18.6 Å². The minimum atomic E-state index is -3.11. The first-order chi connectivity index (χ1) is 11.9. The van der Waals surface area contributed by atoms with Gasteiger partial charge in [-0.2, -0.15) is 0 Å². The second-order valence-electron chi connectivity index (χ2n) is 6.21. The van der Waals surface area contributed by atoms with Crippen LogP contribution >= 0.6 is 0 Å². The third-order valence-corrected chi connectivity index (χ3v) is 6.22. The van der Waals surface area contributed by atoms with E-state index in [1.165, 1.54) is 0 Å². The molecule has 0 radical (unpaired) electrons. The van der Waals surface area contributed by atoms with E-state index in [-0.39, 0.29) is 17.4 Å². The molecule has 2 aromatic rings. The molecule has 8 heteroatoms. The van der Waals surface area contributed by atoms with E-state index >= 15 is 0 Å². The lowest BCUT2D eigenvalue weighted by atomic mass is 10.0. The van der Waals surface area contributed by atoms with Crippen molar-refractivity contribution in [3.63, 3.8) is 0 Å². The van der Waals surface area contributed by atoms with Gasteiger partial charge in [-0.1, -0.05) is 12.1 Å². The van der Waals surface area contributed by atoms with E-state index < -0.39 is 21.8 Å². The molecule has 3 rings (SSSR count). The van der Waals surface area contributed by atoms with E-state index in [2.05, 4.69) is 10.3 Å². The van der Waals surface area contributed by atoms with Gasteiger partial charge in [0.1, 0.15) is 17.6 Å². The number of imidazole rings is 1. The SMILES string of the molecule is COc1ccc(C(NC(=O)C2CCS(=O)(=O)C2)c2nccn2C)cc1. The largest absolute Gasteiger partial charge is 0.497 e. The Bertz CT molecular complexity index is 858. The molecule has 1 saturated heterocycles. The molecule has 0 aliphatic carbocycles. The number of benzene rings is 1. The summed E-state index contributed by atoms with van der Waals surface area (Å²) in [6.45, 7) is 0. The van der Waals surface area contributed by atoms with Gasteiger partial charge in [0, 0.05) is 19.4 Å². The molecular formula is C17H21N3O4S. The van der Waals surface area contributed by atoms with Crippen LogP contribution in [0.3, 0.4) is 0 Å². The molecule has 1 aliphatic rings. The van der Waals surface area contributed by atoms with Crippen molar-refractivity contribution in [3.05, 3.63) is 48.0 Å². The normalized spacial score (nSPS) is 20.2. The maximum absolute atomic E-state index is 12.6. The monoisotopic (exact) mass is 363 g/mol. The summed E-state index contributed by atoms with van der Waals surface area (Å²) in [7, 11) is 0.333. The van der Waals surface area contributed by atoms with E-state index in [0.717, 1.165) is 11.3 Å². The van der Waals surface area contributed by atoms with Gasteiger partial charge in [-0.15, -0.1) is 0 Å². The molecule has 0 spiro atoms. The first-order valence-electron chi connectivity index (χ1n) is 8.01. The summed E-state index contributed by atoms with van der Waals surface area (Å²) in [6.07, 6.45) is 3.83. The van der Waals surface area contributed by atoms with Crippen LogP contribution in [-0.2, 0) is 21.7 Å². The fourth-order valence-electron chi connectivity index (χ4n) is 3.01. The third-order valence-electron chi connectivity index (χ3n) is 4.46. The number of amides is 1. The lowest BCUT2D eigenvalue weighted by molar-refractivity contribution is -0.124. The zero-order valence-electron chi connectivity index (χ0n) is 14.2. The van der Waals surface area contributed by atoms with Crippen LogP contribution in [0.1, 0.15) is 23.9 Å². The van der Waals surface area contributed by atoms with Gasteiger partial charge in [0.2, 0.25) is 5.91 Å². The fraction of sp³-hybridized carbons (Fsp3) is 0.412. The Morgan fingerprint density at radius 2 is 2.08 bits per heavy atom. The predicted octanol–water partition coefficient (Wildman–Crippen LogP) is 1.07. The Morgan fingerprint density at radius 3 is 2.60 bits per heavy atom. The summed E-state index contributed by atoms with van der Waals surface area (Å²) in [5.41, 5.74) is 0.851. The molecule has 134 valence electrons. The van der Waals surface area contributed by atoms with E-state index in [0.29, 0.717) is 12.2 Å². The molecule has 1 N–H and O–H groups in total. The molecule has 1 amide bonds. The van der Waals surface area contributed by atoms with Gasteiger partial charge < -0.3 is 14.6 Å². The average molecular weight is 363 g/mol. The van der Waals surface area contributed by atoms with Crippen LogP contribution in [0, 0.1) is 5.92 Å². The van der Waals surface area contributed by atoms with Crippen molar-refractivity contribution < 1.29 is 17.9 Å². The predicted molar refractivity (Wildman–Crippen MR) is 92.9 cm³/mol. The first kappa shape index (κ1) is 17.5. The smallest absolute Gasteiger partial charge is 0.225 e. The number of methoxy groups -OCH3 is 1. The van der Waals surface area contributed by atoms with Crippen molar-refractivity contribution in [2.45, 2.75) is 12.5 Å². The van der Waals surface area contributed by atoms with Crippen molar-refractivity contribution >= 4 is 15.7 Å². The number of nitrogens with one attached hydrogen (secondary N) is 1. The average Bonchev–Trinajstić information content (AvgIpc) is 3.18. The quantitative estimate of drug-likeness (QED) is 0.858. The summed E-state index contributed by atoms with van der Waals surface area (Å²) < 4.78 is 30.3. The number of hydrogen-bond acceptors (Lipinski definition) is 5. The van der Waals surface area contributed by atoms with Crippen molar-refractivity contribution in [1.29, 1.82) is 0 Å². The van der Waals surface area contributed by atoms with Gasteiger partial charge in [-0.25, -0.2) is 13.4 Å². The van der Waals surface area contributed by atoms with Crippen LogP contribution in [0.2, 0.25) is 0 Å². The van der Waals surface area contributed by atoms with Gasteiger partial charge in [-0.3, -0.25) is 4.79 Å². The van der Waals surface area contributed by atoms with Gasteiger partial charge in [0.05, 0.1) is 24.5 Å². The summed E-state index contributed by atoms with van der Waals surface area (Å²) in [4.78, 5) is 17.0. The molecule has 1 aromatic carbocycles. The van der Waals surface area contributed by atoms with Gasteiger partial charge >= 0.3 is 0 Å². The van der Waals surface area contributed by atoms with Gasteiger partial charge in [0.15, 0.2) is 9.84 Å². The Balaban J connectivity index is 1.86. The molecule has 7 nitrogen and oxygen atoms in total. The highest BCUT2D eigenvalue weighted by molar-refractivity contribution is 7.91. The molecule has 1 aliphatic heterocycles. The van der Waals surface area contributed by atoms with E-state index in [1.807, 2.05) is 35.9 Å². The van der Waals surface area contributed by atoms with Crippen molar-refractivity contribution in [3.8, 4) is 5.75 Å². The van der Waals surface area contributed by atoms with E-state index in [4.69, 9.17) is 4.74 Å². The molecule has 2 atom stereocenters. The van der Waals surface area contributed by atoms with Gasteiger partial charge in [0.25, 0.3) is 0 Å². The maximum atomic E-state index is 12.6. The highest BCUT2D eigenvalue weighted by Gasteiger charge is 2.34. The number of nitrogens with zero attached hydrogens (tertiary/aromatic N) is 2. The third kappa shape index (κ3) is 3.84.